The molecule has 3 heteroatoms. The van der Waals surface area contributed by atoms with Crippen LogP contribution >= 0.6 is 11.6 Å². The van der Waals surface area contributed by atoms with Crippen LogP contribution in [-0.4, -0.2) is 11.3 Å². The van der Waals surface area contributed by atoms with E-state index >= 15 is 0 Å². The quantitative estimate of drug-likeness (QED) is 0.671. The number of aromatic nitrogens is 1. The molecule has 0 saturated heterocycles. The van der Waals surface area contributed by atoms with Gasteiger partial charge in [-0.1, -0.05) is 23.7 Å². The molecule has 0 saturated carbocycles. The van der Waals surface area contributed by atoms with Crippen LogP contribution in [-0.2, 0) is 0 Å². The minimum absolute atomic E-state index is 0.555. The van der Waals surface area contributed by atoms with Crippen LogP contribution in [0.5, 0.6) is 0 Å². The standard InChI is InChI=1S/C9H6ClNO/c10-8-4-6-2-1-3-7(5-12)9(6)11-8/h1-5,11H. The summed E-state index contributed by atoms with van der Waals surface area (Å²) in [5.74, 6) is 0. The molecule has 12 heavy (non-hydrogen) atoms. The molecule has 2 aromatic rings. The second kappa shape index (κ2) is 2.64. The molecule has 0 bridgehead atoms. The molecule has 0 aliphatic rings. The van der Waals surface area contributed by atoms with Crippen LogP contribution < -0.4 is 0 Å². The Morgan fingerprint density at radius 3 is 3.00 bits per heavy atom. The number of benzene rings is 1. The second-order valence-corrected chi connectivity index (χ2v) is 2.95. The molecule has 0 amide bonds. The number of carbonyl (C=O) groups excluding carboxylic acids is 1. The molecule has 0 unspecified atom stereocenters. The van der Waals surface area contributed by atoms with Crippen molar-refractivity contribution in [1.29, 1.82) is 0 Å². The first-order valence-electron chi connectivity index (χ1n) is 3.53. The summed E-state index contributed by atoms with van der Waals surface area (Å²) in [5.41, 5.74) is 1.44. The fraction of sp³-hybridized carbons (Fsp3) is 0. The summed E-state index contributed by atoms with van der Waals surface area (Å²) >= 11 is 5.74. The highest BCUT2D eigenvalue weighted by Crippen LogP contribution is 2.20. The Morgan fingerprint density at radius 2 is 2.25 bits per heavy atom. The maximum absolute atomic E-state index is 10.6. The summed E-state index contributed by atoms with van der Waals surface area (Å²) in [5, 5.41) is 1.52. The van der Waals surface area contributed by atoms with E-state index in [0.717, 1.165) is 17.2 Å². The summed E-state index contributed by atoms with van der Waals surface area (Å²) in [4.78, 5) is 13.5. The zero-order chi connectivity index (χ0) is 8.55. The smallest absolute Gasteiger partial charge is 0.152 e. The first-order chi connectivity index (χ1) is 5.81. The maximum atomic E-state index is 10.6. The minimum Gasteiger partial charge on any atom is -0.345 e. The molecule has 1 aromatic heterocycles. The molecule has 0 fully saturated rings. The molecule has 2 nitrogen and oxygen atoms in total. The van der Waals surface area contributed by atoms with Gasteiger partial charge in [-0.2, -0.15) is 0 Å². The molecule has 2 rings (SSSR count). The van der Waals surface area contributed by atoms with Crippen LogP contribution in [0.3, 0.4) is 0 Å². The SMILES string of the molecule is O=Cc1cccc2cc(Cl)[nH]c12. The maximum Gasteiger partial charge on any atom is 0.152 e. The van der Waals surface area contributed by atoms with E-state index in [4.69, 9.17) is 11.6 Å². The third-order valence-electron chi connectivity index (χ3n) is 1.78. The van der Waals surface area contributed by atoms with E-state index in [1.54, 1.807) is 12.1 Å². The molecule has 0 aliphatic carbocycles. The molecule has 0 spiro atoms. The van der Waals surface area contributed by atoms with Crippen molar-refractivity contribution in [3.63, 3.8) is 0 Å². The Bertz CT molecular complexity index is 433. The third kappa shape index (κ3) is 1.01. The number of para-hydroxylation sites is 1. The van der Waals surface area contributed by atoms with E-state index in [1.807, 2.05) is 12.1 Å². The van der Waals surface area contributed by atoms with Crippen LogP contribution in [0.2, 0.25) is 5.15 Å². The number of fused-ring (bicyclic) bond motifs is 1. The molecular formula is C9H6ClNO. The van der Waals surface area contributed by atoms with Gasteiger partial charge in [0.15, 0.2) is 6.29 Å². The summed E-state index contributed by atoms with van der Waals surface area (Å²) in [6, 6.07) is 7.28. The molecule has 0 aliphatic heterocycles. The number of aldehydes is 1. The predicted molar refractivity (Wildman–Crippen MR) is 48.7 cm³/mol. The predicted octanol–water partition coefficient (Wildman–Crippen LogP) is 2.63. The van der Waals surface area contributed by atoms with Crippen molar-refractivity contribution in [2.24, 2.45) is 0 Å². The fourth-order valence-electron chi connectivity index (χ4n) is 1.24. The molecule has 1 N–H and O–H groups in total. The highest BCUT2D eigenvalue weighted by molar-refractivity contribution is 6.30. The van der Waals surface area contributed by atoms with Gasteiger partial charge in [0.05, 0.1) is 5.52 Å². The van der Waals surface area contributed by atoms with Gasteiger partial charge in [0.1, 0.15) is 5.15 Å². The van der Waals surface area contributed by atoms with E-state index in [0.29, 0.717) is 10.7 Å². The second-order valence-electron chi connectivity index (χ2n) is 2.55. The van der Waals surface area contributed by atoms with Gasteiger partial charge in [0, 0.05) is 10.9 Å². The highest BCUT2D eigenvalue weighted by Gasteiger charge is 2.01. The zero-order valence-corrected chi connectivity index (χ0v) is 6.93. The number of H-pyrrole nitrogens is 1. The zero-order valence-electron chi connectivity index (χ0n) is 6.17. The normalized spacial score (nSPS) is 10.4. The van der Waals surface area contributed by atoms with E-state index in [2.05, 4.69) is 4.98 Å². The Labute approximate surface area is 74.2 Å². The first-order valence-corrected chi connectivity index (χ1v) is 3.91. The lowest BCUT2D eigenvalue weighted by Crippen LogP contribution is -1.80. The van der Waals surface area contributed by atoms with Crippen molar-refractivity contribution in [3.8, 4) is 0 Å². The minimum atomic E-state index is 0.555. The molecule has 0 radical (unpaired) electrons. The number of carbonyl (C=O) groups is 1. The third-order valence-corrected chi connectivity index (χ3v) is 1.99. The van der Waals surface area contributed by atoms with Crippen molar-refractivity contribution < 1.29 is 4.79 Å². The van der Waals surface area contributed by atoms with Gasteiger partial charge in [0.25, 0.3) is 0 Å². The van der Waals surface area contributed by atoms with Gasteiger partial charge >= 0.3 is 0 Å². The number of hydrogen-bond acceptors (Lipinski definition) is 1. The van der Waals surface area contributed by atoms with E-state index < -0.39 is 0 Å². The number of aromatic amines is 1. The van der Waals surface area contributed by atoms with E-state index in [-0.39, 0.29) is 0 Å². The van der Waals surface area contributed by atoms with Gasteiger partial charge in [0.2, 0.25) is 0 Å². The summed E-state index contributed by atoms with van der Waals surface area (Å²) in [7, 11) is 0. The summed E-state index contributed by atoms with van der Waals surface area (Å²) in [6.45, 7) is 0. The largest absolute Gasteiger partial charge is 0.345 e. The summed E-state index contributed by atoms with van der Waals surface area (Å²) < 4.78 is 0. The van der Waals surface area contributed by atoms with E-state index in [9.17, 15) is 4.79 Å². The highest BCUT2D eigenvalue weighted by atomic mass is 35.5. The van der Waals surface area contributed by atoms with E-state index in [1.165, 1.54) is 0 Å². The molecular weight excluding hydrogens is 174 g/mol. The van der Waals surface area contributed by atoms with Gasteiger partial charge in [-0.25, -0.2) is 0 Å². The lowest BCUT2D eigenvalue weighted by Gasteiger charge is -1.91. The molecule has 1 heterocycles. The van der Waals surface area contributed by atoms with Gasteiger partial charge in [-0.05, 0) is 12.1 Å². The number of halogens is 1. The number of nitrogens with one attached hydrogen (secondary N) is 1. The average molecular weight is 180 g/mol. The monoisotopic (exact) mass is 179 g/mol. The Hall–Kier alpha value is -1.28. The van der Waals surface area contributed by atoms with Crippen LogP contribution in [0.1, 0.15) is 10.4 Å². The number of rotatable bonds is 1. The first kappa shape index (κ1) is 7.37. The van der Waals surface area contributed by atoms with Crippen LogP contribution in [0, 0.1) is 0 Å². The number of hydrogen-bond donors (Lipinski definition) is 1. The van der Waals surface area contributed by atoms with Crippen LogP contribution in [0.25, 0.3) is 10.9 Å². The lowest BCUT2D eigenvalue weighted by atomic mass is 10.2. The van der Waals surface area contributed by atoms with Crippen molar-refractivity contribution in [2.75, 3.05) is 0 Å². The van der Waals surface area contributed by atoms with Crippen molar-refractivity contribution in [2.45, 2.75) is 0 Å². The van der Waals surface area contributed by atoms with Crippen LogP contribution in [0.15, 0.2) is 24.3 Å². The molecule has 60 valence electrons. The lowest BCUT2D eigenvalue weighted by molar-refractivity contribution is 0.112. The topological polar surface area (TPSA) is 32.9 Å². The summed E-state index contributed by atoms with van der Waals surface area (Å²) in [6.07, 6.45) is 0.815. The van der Waals surface area contributed by atoms with Crippen molar-refractivity contribution in [1.82, 2.24) is 4.98 Å². The molecule has 0 atom stereocenters. The Balaban J connectivity index is 2.86. The van der Waals surface area contributed by atoms with Crippen molar-refractivity contribution in [3.05, 3.63) is 35.0 Å². The van der Waals surface area contributed by atoms with Crippen LogP contribution in [0.4, 0.5) is 0 Å². The fourth-order valence-corrected chi connectivity index (χ4v) is 1.46. The average Bonchev–Trinajstić information content (AvgIpc) is 2.44. The van der Waals surface area contributed by atoms with Gasteiger partial charge in [-0.15, -0.1) is 0 Å². The van der Waals surface area contributed by atoms with Gasteiger partial charge < -0.3 is 4.98 Å². The Morgan fingerprint density at radius 1 is 1.42 bits per heavy atom. The van der Waals surface area contributed by atoms with Gasteiger partial charge in [-0.3, -0.25) is 4.79 Å². The van der Waals surface area contributed by atoms with Crippen molar-refractivity contribution >= 4 is 28.8 Å². The Kier molecular flexibility index (Phi) is 1.62. The molecule has 1 aromatic carbocycles.